The molecule has 0 aliphatic heterocycles. The number of hydrogen-bond donors (Lipinski definition) is 1. The molecule has 0 fully saturated rings. The average Bonchev–Trinajstić information content (AvgIpc) is 2.95. The van der Waals surface area contributed by atoms with Gasteiger partial charge in [0.2, 0.25) is 21.8 Å². The highest BCUT2D eigenvalue weighted by Crippen LogP contribution is 2.25. The predicted molar refractivity (Wildman–Crippen MR) is 167 cm³/mol. The van der Waals surface area contributed by atoms with E-state index >= 15 is 0 Å². The zero-order valence-electron chi connectivity index (χ0n) is 24.2. The van der Waals surface area contributed by atoms with Gasteiger partial charge in [0.1, 0.15) is 6.04 Å². The third kappa shape index (κ3) is 10.2. The fourth-order valence-corrected chi connectivity index (χ4v) is 5.73. The first-order valence-corrected chi connectivity index (χ1v) is 16.3. The number of halogens is 4. The Bertz CT molecular complexity index is 1520. The molecule has 0 aromatic heterocycles. The second-order valence-corrected chi connectivity index (χ2v) is 13.4. The molecule has 232 valence electrons. The van der Waals surface area contributed by atoms with Crippen molar-refractivity contribution in [1.82, 2.24) is 10.2 Å². The van der Waals surface area contributed by atoms with Crippen molar-refractivity contribution in [2.45, 2.75) is 45.7 Å². The first-order valence-electron chi connectivity index (χ1n) is 13.7. The lowest BCUT2D eigenvalue weighted by atomic mass is 10.0. The quantitative estimate of drug-likeness (QED) is 0.223. The smallest absolute Gasteiger partial charge is 0.243 e. The first kappa shape index (κ1) is 34.3. The van der Waals surface area contributed by atoms with Gasteiger partial charge in [-0.05, 0) is 47.7 Å². The van der Waals surface area contributed by atoms with Gasteiger partial charge in [-0.15, -0.1) is 0 Å². The summed E-state index contributed by atoms with van der Waals surface area (Å²) in [5.41, 5.74) is 1.44. The number of hydrogen-bond acceptors (Lipinski definition) is 4. The van der Waals surface area contributed by atoms with Crippen LogP contribution in [0.4, 0.5) is 14.5 Å². The highest BCUT2D eigenvalue weighted by molar-refractivity contribution is 7.92. The van der Waals surface area contributed by atoms with Crippen LogP contribution in [0.1, 0.15) is 37.8 Å². The van der Waals surface area contributed by atoms with Gasteiger partial charge in [-0.3, -0.25) is 13.9 Å². The number of nitrogens with zero attached hydrogens (tertiary/aromatic N) is 2. The second-order valence-electron chi connectivity index (χ2n) is 10.7. The summed E-state index contributed by atoms with van der Waals surface area (Å²) < 4.78 is 53.3. The van der Waals surface area contributed by atoms with Crippen molar-refractivity contribution >= 4 is 50.7 Å². The van der Waals surface area contributed by atoms with E-state index in [-0.39, 0.29) is 49.9 Å². The first-order chi connectivity index (χ1) is 20.3. The van der Waals surface area contributed by atoms with Crippen LogP contribution in [0.5, 0.6) is 0 Å². The maximum Gasteiger partial charge on any atom is 0.243 e. The Kier molecular flexibility index (Phi) is 12.4. The summed E-state index contributed by atoms with van der Waals surface area (Å²) in [6.45, 7) is 4.22. The number of nitrogens with one attached hydrogen (secondary N) is 1. The Hall–Kier alpha value is -3.21. The molecule has 12 heteroatoms. The van der Waals surface area contributed by atoms with Crippen LogP contribution < -0.4 is 9.62 Å². The number of carbonyl (C=O) groups excluding carboxylic acids is 2. The van der Waals surface area contributed by atoms with E-state index in [1.807, 2.05) is 44.2 Å². The molecule has 0 saturated carbocycles. The minimum absolute atomic E-state index is 0.0429. The number of carbonyl (C=O) groups is 2. The lowest BCUT2D eigenvalue weighted by Crippen LogP contribution is -2.51. The molecular weight excluding hydrogens is 619 g/mol. The summed E-state index contributed by atoms with van der Waals surface area (Å²) >= 11 is 12.3. The van der Waals surface area contributed by atoms with Gasteiger partial charge in [-0.1, -0.05) is 73.4 Å². The lowest BCUT2D eigenvalue weighted by Gasteiger charge is -2.32. The van der Waals surface area contributed by atoms with Crippen molar-refractivity contribution in [3.05, 3.63) is 99.5 Å². The molecule has 0 aliphatic rings. The number of benzene rings is 3. The van der Waals surface area contributed by atoms with Crippen molar-refractivity contribution in [3.8, 4) is 0 Å². The summed E-state index contributed by atoms with van der Waals surface area (Å²) in [6.07, 6.45) is 1.11. The van der Waals surface area contributed by atoms with E-state index in [1.54, 1.807) is 18.2 Å². The third-order valence-corrected chi connectivity index (χ3v) is 8.57. The van der Waals surface area contributed by atoms with Crippen molar-refractivity contribution < 1.29 is 26.8 Å². The van der Waals surface area contributed by atoms with Crippen LogP contribution in [0.2, 0.25) is 10.0 Å². The topological polar surface area (TPSA) is 86.8 Å². The van der Waals surface area contributed by atoms with Crippen LogP contribution >= 0.6 is 23.2 Å². The molecule has 0 radical (unpaired) electrons. The number of amides is 2. The van der Waals surface area contributed by atoms with Crippen molar-refractivity contribution in [2.75, 3.05) is 23.7 Å². The minimum atomic E-state index is -3.88. The average molecular weight is 655 g/mol. The third-order valence-electron chi connectivity index (χ3n) is 6.64. The zero-order valence-corrected chi connectivity index (χ0v) is 26.5. The van der Waals surface area contributed by atoms with Crippen molar-refractivity contribution in [3.63, 3.8) is 0 Å². The number of rotatable bonds is 14. The number of anilines is 1. The predicted octanol–water partition coefficient (Wildman–Crippen LogP) is 6.23. The lowest BCUT2D eigenvalue weighted by molar-refractivity contribution is -0.141. The van der Waals surface area contributed by atoms with Gasteiger partial charge in [0, 0.05) is 38.5 Å². The molecule has 1 N–H and O–H groups in total. The van der Waals surface area contributed by atoms with Crippen LogP contribution in [0, 0.1) is 17.6 Å². The fraction of sp³-hybridized carbons (Fsp3) is 0.355. The maximum atomic E-state index is 13.9. The van der Waals surface area contributed by atoms with Crippen molar-refractivity contribution in [2.24, 2.45) is 5.92 Å². The van der Waals surface area contributed by atoms with Crippen molar-refractivity contribution in [1.29, 1.82) is 0 Å². The maximum absolute atomic E-state index is 13.9. The molecular formula is C31H35Cl2F2N3O4S. The molecule has 0 aliphatic carbocycles. The highest BCUT2D eigenvalue weighted by Gasteiger charge is 2.31. The van der Waals surface area contributed by atoms with E-state index in [0.29, 0.717) is 22.2 Å². The molecule has 3 aromatic rings. The minimum Gasteiger partial charge on any atom is -0.354 e. The molecule has 3 aromatic carbocycles. The molecule has 3 rings (SSSR count). The Morgan fingerprint density at radius 3 is 2.21 bits per heavy atom. The van der Waals surface area contributed by atoms with E-state index < -0.39 is 33.6 Å². The molecule has 0 heterocycles. The standard InChI is InChI=1S/C31H35Cl2F2N3O4S/c1-21(2)19-36-31(40)29(17-22-8-5-4-6-9-22)37(20-23-11-13-25(32)26(33)16-23)30(39)10-7-15-38(43(3,41)42)24-12-14-27(34)28(35)18-24/h4-6,8-9,11-14,16,18,21,29H,7,10,15,17,19-20H2,1-3H3,(H,36,40)/t29-/m1/s1. The Morgan fingerprint density at radius 2 is 1.60 bits per heavy atom. The van der Waals surface area contributed by atoms with Crippen LogP contribution in [0.25, 0.3) is 0 Å². The van der Waals surface area contributed by atoms with E-state index in [1.165, 1.54) is 4.90 Å². The summed E-state index contributed by atoms with van der Waals surface area (Å²) in [5.74, 6) is -2.84. The van der Waals surface area contributed by atoms with Gasteiger partial charge >= 0.3 is 0 Å². The Balaban J connectivity index is 1.91. The van der Waals surface area contributed by atoms with Crippen LogP contribution in [0.3, 0.4) is 0 Å². The summed E-state index contributed by atoms with van der Waals surface area (Å²) in [5, 5.41) is 3.58. The van der Waals surface area contributed by atoms with E-state index in [2.05, 4.69) is 5.32 Å². The molecule has 7 nitrogen and oxygen atoms in total. The zero-order chi connectivity index (χ0) is 31.7. The van der Waals surface area contributed by atoms with Gasteiger partial charge in [0.15, 0.2) is 11.6 Å². The van der Waals surface area contributed by atoms with Crippen LogP contribution in [0.15, 0.2) is 66.7 Å². The normalized spacial score (nSPS) is 12.2. The Morgan fingerprint density at radius 1 is 0.907 bits per heavy atom. The molecule has 43 heavy (non-hydrogen) atoms. The molecule has 2 amide bonds. The summed E-state index contributed by atoms with van der Waals surface area (Å²) in [7, 11) is -3.88. The van der Waals surface area contributed by atoms with E-state index in [4.69, 9.17) is 23.2 Å². The summed E-state index contributed by atoms with van der Waals surface area (Å²) in [4.78, 5) is 28.9. The molecule has 0 saturated heterocycles. The van der Waals surface area contributed by atoms with Crippen LogP contribution in [-0.2, 0) is 32.6 Å². The fourth-order valence-electron chi connectivity index (χ4n) is 4.46. The molecule has 0 bridgehead atoms. The van der Waals surface area contributed by atoms with Gasteiger partial charge < -0.3 is 10.2 Å². The summed E-state index contributed by atoms with van der Waals surface area (Å²) in [6, 6.07) is 16.2. The van der Waals surface area contributed by atoms with E-state index in [0.717, 1.165) is 34.3 Å². The monoisotopic (exact) mass is 653 g/mol. The van der Waals surface area contributed by atoms with E-state index in [9.17, 15) is 26.8 Å². The Labute approximate surface area is 261 Å². The molecule has 0 spiro atoms. The SMILES string of the molecule is CC(C)CNC(=O)[C@@H](Cc1ccccc1)N(Cc1ccc(Cl)c(Cl)c1)C(=O)CCCN(c1ccc(F)c(F)c1)S(C)(=O)=O. The van der Waals surface area contributed by atoms with Crippen LogP contribution in [-0.4, -0.2) is 50.5 Å². The highest BCUT2D eigenvalue weighted by atomic mass is 35.5. The molecule has 0 unspecified atom stereocenters. The van der Waals surface area contributed by atoms with Gasteiger partial charge in [0.05, 0.1) is 22.0 Å². The van der Waals surface area contributed by atoms with Gasteiger partial charge in [-0.2, -0.15) is 0 Å². The number of sulfonamides is 1. The van der Waals surface area contributed by atoms with Gasteiger partial charge in [-0.25, -0.2) is 17.2 Å². The molecule has 1 atom stereocenters. The largest absolute Gasteiger partial charge is 0.354 e. The second kappa shape index (κ2) is 15.5. The van der Waals surface area contributed by atoms with Gasteiger partial charge in [0.25, 0.3) is 0 Å².